The summed E-state index contributed by atoms with van der Waals surface area (Å²) in [5.74, 6) is -0.821. The lowest BCUT2D eigenvalue weighted by Crippen LogP contribution is -2.22. The van der Waals surface area contributed by atoms with Gasteiger partial charge in [0.1, 0.15) is 0 Å². The molecule has 1 aromatic rings. The summed E-state index contributed by atoms with van der Waals surface area (Å²) in [6, 6.07) is 1.03. The Balaban J connectivity index is 2.09. The van der Waals surface area contributed by atoms with Crippen molar-refractivity contribution in [2.45, 2.75) is 12.5 Å². The van der Waals surface area contributed by atoms with E-state index < -0.39 is 15.8 Å². The van der Waals surface area contributed by atoms with Crippen LogP contribution in [0.1, 0.15) is 16.9 Å². The Bertz CT molecular complexity index is 543. The first kappa shape index (κ1) is 11.8. The van der Waals surface area contributed by atoms with Crippen LogP contribution in [0.3, 0.4) is 0 Å². The lowest BCUT2D eigenvalue weighted by Gasteiger charge is -2.10. The van der Waals surface area contributed by atoms with Gasteiger partial charge in [-0.15, -0.1) is 0 Å². The molecule has 1 fully saturated rings. The summed E-state index contributed by atoms with van der Waals surface area (Å²) in [6.07, 6.45) is 1.81. The molecule has 0 aromatic carbocycles. The standard InChI is InChI=1S/C9H11N3O4S/c13-8(14)7-1-3-10-9(12-7)11-6-2-4-17(15,16)5-6/h1,3,6H,2,4-5H2,(H,13,14)(H,10,11,12). The third kappa shape index (κ3) is 2.90. The topological polar surface area (TPSA) is 109 Å². The molecular weight excluding hydrogens is 246 g/mol. The predicted octanol–water partition coefficient (Wildman–Crippen LogP) is -0.226. The molecule has 8 heteroatoms. The highest BCUT2D eigenvalue weighted by atomic mass is 32.2. The van der Waals surface area contributed by atoms with Gasteiger partial charge in [-0.05, 0) is 12.5 Å². The average Bonchev–Trinajstić information content (AvgIpc) is 2.58. The Hall–Kier alpha value is -1.70. The van der Waals surface area contributed by atoms with Gasteiger partial charge in [-0.1, -0.05) is 0 Å². The van der Waals surface area contributed by atoms with Crippen molar-refractivity contribution in [1.29, 1.82) is 0 Å². The largest absolute Gasteiger partial charge is 0.477 e. The molecule has 1 saturated heterocycles. The highest BCUT2D eigenvalue weighted by molar-refractivity contribution is 7.91. The van der Waals surface area contributed by atoms with Gasteiger partial charge in [0.2, 0.25) is 5.95 Å². The van der Waals surface area contributed by atoms with E-state index in [2.05, 4.69) is 15.3 Å². The second-order valence-corrected chi connectivity index (χ2v) is 6.04. The number of carboxylic acid groups (broad SMARTS) is 1. The fourth-order valence-electron chi connectivity index (χ4n) is 1.64. The van der Waals surface area contributed by atoms with Gasteiger partial charge < -0.3 is 10.4 Å². The molecule has 1 unspecified atom stereocenters. The SMILES string of the molecule is O=C(O)c1ccnc(NC2CCS(=O)(=O)C2)n1. The van der Waals surface area contributed by atoms with E-state index in [4.69, 9.17) is 5.11 Å². The molecule has 1 aromatic heterocycles. The van der Waals surface area contributed by atoms with Crippen molar-refractivity contribution in [1.82, 2.24) is 9.97 Å². The fourth-order valence-corrected chi connectivity index (χ4v) is 3.31. The van der Waals surface area contributed by atoms with Crippen molar-refractivity contribution < 1.29 is 18.3 Å². The van der Waals surface area contributed by atoms with E-state index in [0.29, 0.717) is 6.42 Å². The minimum Gasteiger partial charge on any atom is -0.477 e. The molecule has 1 aliphatic heterocycles. The maximum absolute atomic E-state index is 11.2. The number of aromatic carboxylic acids is 1. The first-order valence-corrected chi connectivity index (χ1v) is 6.82. The molecule has 0 bridgehead atoms. The first-order valence-electron chi connectivity index (χ1n) is 4.99. The Morgan fingerprint density at radius 1 is 1.53 bits per heavy atom. The van der Waals surface area contributed by atoms with Crippen LogP contribution in [0, 0.1) is 0 Å². The molecule has 0 aliphatic carbocycles. The number of aromatic nitrogens is 2. The Kier molecular flexibility index (Phi) is 2.97. The Morgan fingerprint density at radius 3 is 2.88 bits per heavy atom. The maximum Gasteiger partial charge on any atom is 0.354 e. The molecule has 7 nitrogen and oxygen atoms in total. The lowest BCUT2D eigenvalue weighted by atomic mass is 10.3. The lowest BCUT2D eigenvalue weighted by molar-refractivity contribution is 0.0690. The highest BCUT2D eigenvalue weighted by Gasteiger charge is 2.28. The van der Waals surface area contributed by atoms with Crippen molar-refractivity contribution in [3.8, 4) is 0 Å². The Morgan fingerprint density at radius 2 is 2.29 bits per heavy atom. The zero-order valence-corrected chi connectivity index (χ0v) is 9.64. The molecule has 17 heavy (non-hydrogen) atoms. The van der Waals surface area contributed by atoms with Gasteiger partial charge in [-0.3, -0.25) is 0 Å². The highest BCUT2D eigenvalue weighted by Crippen LogP contribution is 2.15. The molecule has 2 heterocycles. The summed E-state index contributed by atoms with van der Waals surface area (Å²) < 4.78 is 22.5. The number of rotatable bonds is 3. The van der Waals surface area contributed by atoms with Gasteiger partial charge in [0.05, 0.1) is 11.5 Å². The molecule has 2 N–H and O–H groups in total. The summed E-state index contributed by atoms with van der Waals surface area (Å²) in [5.41, 5.74) is -0.122. The third-order valence-electron chi connectivity index (χ3n) is 2.44. The fraction of sp³-hybridized carbons (Fsp3) is 0.444. The molecule has 1 aliphatic rings. The second-order valence-electron chi connectivity index (χ2n) is 3.81. The van der Waals surface area contributed by atoms with Crippen LogP contribution in [0.2, 0.25) is 0 Å². The normalized spacial score (nSPS) is 22.2. The van der Waals surface area contributed by atoms with Crippen LogP contribution in [0.25, 0.3) is 0 Å². The number of carboxylic acids is 1. The maximum atomic E-state index is 11.2. The van der Waals surface area contributed by atoms with E-state index in [1.54, 1.807) is 0 Å². The Labute approximate surface area is 97.8 Å². The average molecular weight is 257 g/mol. The zero-order chi connectivity index (χ0) is 12.5. The van der Waals surface area contributed by atoms with Gasteiger partial charge in [-0.2, -0.15) is 0 Å². The van der Waals surface area contributed by atoms with Crippen LogP contribution < -0.4 is 5.32 Å². The van der Waals surface area contributed by atoms with Gasteiger partial charge in [0.25, 0.3) is 0 Å². The number of nitrogens with zero attached hydrogens (tertiary/aromatic N) is 2. The van der Waals surface area contributed by atoms with E-state index in [9.17, 15) is 13.2 Å². The van der Waals surface area contributed by atoms with Crippen LogP contribution >= 0.6 is 0 Å². The van der Waals surface area contributed by atoms with E-state index in [0.717, 1.165) is 0 Å². The predicted molar refractivity (Wildman–Crippen MR) is 59.7 cm³/mol. The molecule has 2 rings (SSSR count). The van der Waals surface area contributed by atoms with Crippen LogP contribution in [0.15, 0.2) is 12.3 Å². The molecule has 0 radical (unpaired) electrons. The van der Waals surface area contributed by atoms with E-state index >= 15 is 0 Å². The van der Waals surface area contributed by atoms with Crippen LogP contribution in [0.5, 0.6) is 0 Å². The summed E-state index contributed by atoms with van der Waals surface area (Å²) in [6.45, 7) is 0. The molecule has 0 saturated carbocycles. The molecule has 0 spiro atoms. The molecule has 0 amide bonds. The van der Waals surface area contributed by atoms with E-state index in [1.165, 1.54) is 12.3 Å². The van der Waals surface area contributed by atoms with Crippen molar-refractivity contribution in [2.24, 2.45) is 0 Å². The number of anilines is 1. The molecule has 1 atom stereocenters. The van der Waals surface area contributed by atoms with Crippen molar-refractivity contribution in [3.05, 3.63) is 18.0 Å². The number of hydrogen-bond donors (Lipinski definition) is 2. The minimum atomic E-state index is -2.98. The van der Waals surface area contributed by atoms with Crippen LogP contribution in [-0.4, -0.2) is 47.0 Å². The quantitative estimate of drug-likeness (QED) is 0.769. The first-order chi connectivity index (χ1) is 7.96. The number of hydrogen-bond acceptors (Lipinski definition) is 6. The van der Waals surface area contributed by atoms with Gasteiger partial charge in [0.15, 0.2) is 15.5 Å². The summed E-state index contributed by atoms with van der Waals surface area (Å²) in [4.78, 5) is 18.3. The van der Waals surface area contributed by atoms with Crippen molar-refractivity contribution in [2.75, 3.05) is 16.8 Å². The third-order valence-corrected chi connectivity index (χ3v) is 4.21. The molecular formula is C9H11N3O4S. The monoisotopic (exact) mass is 257 g/mol. The van der Waals surface area contributed by atoms with Gasteiger partial charge in [-0.25, -0.2) is 23.2 Å². The van der Waals surface area contributed by atoms with Gasteiger partial charge >= 0.3 is 5.97 Å². The number of sulfone groups is 1. The summed E-state index contributed by atoms with van der Waals surface area (Å²) in [7, 11) is -2.98. The number of nitrogens with one attached hydrogen (secondary N) is 1. The minimum absolute atomic E-state index is 0.0354. The van der Waals surface area contributed by atoms with Crippen LogP contribution in [-0.2, 0) is 9.84 Å². The summed E-state index contributed by atoms with van der Waals surface area (Å²) >= 11 is 0. The zero-order valence-electron chi connectivity index (χ0n) is 8.83. The molecule has 92 valence electrons. The summed E-state index contributed by atoms with van der Waals surface area (Å²) in [5, 5.41) is 11.6. The van der Waals surface area contributed by atoms with Crippen LogP contribution in [0.4, 0.5) is 5.95 Å². The van der Waals surface area contributed by atoms with Gasteiger partial charge in [0, 0.05) is 12.2 Å². The van der Waals surface area contributed by atoms with Crippen molar-refractivity contribution in [3.63, 3.8) is 0 Å². The number of carbonyl (C=O) groups is 1. The van der Waals surface area contributed by atoms with Crippen molar-refractivity contribution >= 4 is 21.8 Å². The van der Waals surface area contributed by atoms with E-state index in [1.807, 2.05) is 0 Å². The van der Waals surface area contributed by atoms with E-state index in [-0.39, 0.29) is 29.2 Å². The smallest absolute Gasteiger partial charge is 0.354 e. The second kappa shape index (κ2) is 4.28.